The molecular weight excluding hydrogens is 236 g/mol. The predicted octanol–water partition coefficient (Wildman–Crippen LogP) is 0.703. The molecule has 6 heavy (non-hydrogen) atoms. The Balaban J connectivity index is 0. The zero-order valence-corrected chi connectivity index (χ0v) is 7.16. The van der Waals surface area contributed by atoms with Gasteiger partial charge in [-0.3, -0.25) is 4.79 Å². The summed E-state index contributed by atoms with van der Waals surface area (Å²) in [5.74, 6) is -0.480. The largest absolute Gasteiger partial charge is 0.348 e. The molecule has 0 aromatic carbocycles. The molecule has 0 spiro atoms. The Labute approximate surface area is 73.9 Å². The van der Waals surface area contributed by atoms with Gasteiger partial charge in [0.2, 0.25) is 0 Å². The van der Waals surface area contributed by atoms with Crippen LogP contribution in [0.15, 0.2) is 0 Å². The molecule has 0 fully saturated rings. The summed E-state index contributed by atoms with van der Waals surface area (Å²) in [5.41, 5.74) is 0. The number of halogens is 1. The average Bonchev–Trinajstić information content (AvgIpc) is 1.38. The third kappa shape index (κ3) is 8.92. The van der Waals surface area contributed by atoms with Crippen LogP contribution in [0.4, 0.5) is 0 Å². The van der Waals surface area contributed by atoms with Gasteiger partial charge < -0.3 is 4.29 Å². The van der Waals surface area contributed by atoms with E-state index in [1.165, 1.54) is 6.92 Å². The van der Waals surface area contributed by atoms with E-state index in [2.05, 4.69) is 16.2 Å². The molecule has 0 aromatic heterocycles. The van der Waals surface area contributed by atoms with Gasteiger partial charge in [0.1, 0.15) is 11.9 Å². The molecule has 0 N–H and O–H groups in total. The normalized spacial score (nSPS) is 5.67. The Morgan fingerprint density at radius 3 is 2.00 bits per heavy atom. The van der Waals surface area contributed by atoms with Gasteiger partial charge in [-0.25, -0.2) is 0 Å². The van der Waals surface area contributed by atoms with Crippen molar-refractivity contribution in [2.75, 3.05) is 0 Å². The van der Waals surface area contributed by atoms with E-state index in [1.54, 1.807) is 0 Å². The summed E-state index contributed by atoms with van der Waals surface area (Å²) in [7, 11) is 0. The maximum absolute atomic E-state index is 9.46. The number of rotatable bonds is 0. The minimum absolute atomic E-state index is 0. The second kappa shape index (κ2) is 6.11. The Hall–Kier alpha value is 1.11. The van der Waals surface area contributed by atoms with Crippen molar-refractivity contribution in [3.63, 3.8) is 0 Å². The first-order valence-electron chi connectivity index (χ1n) is 1.06. The first kappa shape index (κ1) is 10.2. The Morgan fingerprint density at radius 1 is 1.83 bits per heavy atom. The summed E-state index contributed by atoms with van der Waals surface area (Å²) >= 11 is 4.49. The molecule has 0 saturated carbocycles. The smallest absolute Gasteiger partial charge is 0.321 e. The first-order valence-corrected chi connectivity index (χ1v) is 1.37. The molecule has 0 aliphatic heterocycles. The maximum Gasteiger partial charge on any atom is 0.321 e. The van der Waals surface area contributed by atoms with E-state index in [0.717, 1.165) is 0 Å². The minimum Gasteiger partial charge on any atom is -0.348 e. The van der Waals surface area contributed by atoms with E-state index in [1.807, 2.05) is 0 Å². The molecule has 0 aromatic rings. The van der Waals surface area contributed by atoms with Crippen molar-refractivity contribution in [2.24, 2.45) is 0 Å². The van der Waals surface area contributed by atoms with Crippen LogP contribution >= 0.6 is 11.9 Å². The predicted molar refractivity (Wildman–Crippen MR) is 17.6 cm³/mol. The number of carbonyl (C=O) groups excluding carboxylic acids is 1. The summed E-state index contributed by atoms with van der Waals surface area (Å²) in [6.45, 7) is 1.23. The quantitative estimate of drug-likeness (QED) is 0.621. The van der Waals surface area contributed by atoms with Crippen LogP contribution in [-0.4, -0.2) is 5.97 Å². The average molecular weight is 239 g/mol. The summed E-state index contributed by atoms with van der Waals surface area (Å²) in [6, 6.07) is 0. The van der Waals surface area contributed by atoms with Gasteiger partial charge in [-0.2, -0.15) is 0 Å². The van der Waals surface area contributed by atoms with Crippen LogP contribution in [0.2, 0.25) is 0 Å². The van der Waals surface area contributed by atoms with Gasteiger partial charge in [0.05, 0.1) is 0 Å². The van der Waals surface area contributed by atoms with E-state index < -0.39 is 5.97 Å². The third-order valence-corrected chi connectivity index (χ3v) is 0.326. The molecule has 0 unspecified atom stereocenters. The molecule has 0 bridgehead atoms. The van der Waals surface area contributed by atoms with Crippen LogP contribution in [0.25, 0.3) is 0 Å². The SMILES string of the molecule is CC(=O)OCl.[Nd]. The van der Waals surface area contributed by atoms with Gasteiger partial charge in [-0.05, 0) is 0 Å². The Kier molecular flexibility index (Phi) is 10.4. The van der Waals surface area contributed by atoms with E-state index in [9.17, 15) is 4.79 Å². The topological polar surface area (TPSA) is 26.3 Å². The van der Waals surface area contributed by atoms with Gasteiger partial charge in [0.25, 0.3) is 0 Å². The maximum atomic E-state index is 9.46. The molecular formula is C2H3ClNdO2. The molecule has 2 nitrogen and oxygen atoms in total. The molecule has 0 aliphatic rings. The molecule has 34 valence electrons. The molecule has 0 rings (SSSR count). The fourth-order valence-electron chi connectivity index (χ4n) is 0. The van der Waals surface area contributed by atoms with Gasteiger partial charge in [-0.1, -0.05) is 0 Å². The zero-order valence-electron chi connectivity index (χ0n) is 3.19. The molecule has 0 radical (unpaired) electrons. The van der Waals surface area contributed by atoms with Crippen LogP contribution < -0.4 is 0 Å². The van der Waals surface area contributed by atoms with Crippen molar-refractivity contribution >= 4 is 17.8 Å². The van der Waals surface area contributed by atoms with Crippen LogP contribution in [0, 0.1) is 40.8 Å². The second-order valence-corrected chi connectivity index (χ2v) is 0.723. The summed E-state index contributed by atoms with van der Waals surface area (Å²) in [5, 5.41) is 0. The summed E-state index contributed by atoms with van der Waals surface area (Å²) in [4.78, 5) is 9.46. The van der Waals surface area contributed by atoms with Crippen molar-refractivity contribution in [2.45, 2.75) is 6.92 Å². The second-order valence-electron chi connectivity index (χ2n) is 0.569. The van der Waals surface area contributed by atoms with E-state index >= 15 is 0 Å². The standard InChI is InChI=1S/C2H3ClO2.Nd/c1-2(4)5-3;/h1H3;. The number of hydrogen-bond donors (Lipinski definition) is 0. The minimum atomic E-state index is -0.480. The number of carbonyl (C=O) groups is 1. The van der Waals surface area contributed by atoms with Crippen LogP contribution in [-0.2, 0) is 9.08 Å². The first-order chi connectivity index (χ1) is 2.27. The Morgan fingerprint density at radius 2 is 2.00 bits per heavy atom. The third-order valence-electron chi connectivity index (χ3n) is 0.109. The van der Waals surface area contributed by atoms with Crippen molar-refractivity contribution in [3.8, 4) is 0 Å². The molecule has 0 atom stereocenters. The van der Waals surface area contributed by atoms with Gasteiger partial charge in [0, 0.05) is 47.8 Å². The molecule has 0 aliphatic carbocycles. The van der Waals surface area contributed by atoms with Crippen molar-refractivity contribution in [1.29, 1.82) is 0 Å². The zero-order chi connectivity index (χ0) is 4.28. The van der Waals surface area contributed by atoms with Gasteiger partial charge >= 0.3 is 5.97 Å². The van der Waals surface area contributed by atoms with Crippen LogP contribution in [0.3, 0.4) is 0 Å². The fourth-order valence-corrected chi connectivity index (χ4v) is 0. The monoisotopic (exact) mass is 236 g/mol. The molecule has 0 saturated heterocycles. The fraction of sp³-hybridized carbons (Fsp3) is 0.500. The van der Waals surface area contributed by atoms with Gasteiger partial charge in [-0.15, -0.1) is 0 Å². The van der Waals surface area contributed by atoms with Crippen molar-refractivity contribution in [1.82, 2.24) is 0 Å². The van der Waals surface area contributed by atoms with Gasteiger partial charge in [0.15, 0.2) is 0 Å². The van der Waals surface area contributed by atoms with Crippen LogP contribution in [0.5, 0.6) is 0 Å². The van der Waals surface area contributed by atoms with Crippen molar-refractivity contribution in [3.05, 3.63) is 0 Å². The molecule has 4 heteroatoms. The molecule has 0 amide bonds. The summed E-state index contributed by atoms with van der Waals surface area (Å²) in [6.07, 6.45) is 0. The van der Waals surface area contributed by atoms with E-state index in [-0.39, 0.29) is 40.8 Å². The summed E-state index contributed by atoms with van der Waals surface area (Å²) < 4.78 is 3.58. The van der Waals surface area contributed by atoms with E-state index in [0.29, 0.717) is 0 Å². The number of hydrogen-bond acceptors (Lipinski definition) is 2. The Bertz CT molecular complexity index is 46.8. The van der Waals surface area contributed by atoms with E-state index in [4.69, 9.17) is 0 Å². The van der Waals surface area contributed by atoms with Crippen molar-refractivity contribution < 1.29 is 49.9 Å². The molecule has 0 heterocycles. The van der Waals surface area contributed by atoms with Crippen LogP contribution in [0.1, 0.15) is 6.92 Å².